The maximum Gasteiger partial charge on any atom is 0.311 e. The van der Waals surface area contributed by atoms with Crippen LogP contribution in [0.1, 0.15) is 12.6 Å². The van der Waals surface area contributed by atoms with Crippen LogP contribution < -0.4 is 9.86 Å². The molecule has 0 aliphatic rings. The number of nitrogens with zero attached hydrogens (tertiary/aromatic N) is 1. The van der Waals surface area contributed by atoms with Crippen LogP contribution in [0.15, 0.2) is 18.2 Å². The molecule has 0 aliphatic heterocycles. The number of esters is 1. The summed E-state index contributed by atoms with van der Waals surface area (Å²) in [6, 6.07) is 4.58. The quantitative estimate of drug-likeness (QED) is 0.711. The molecule has 1 aromatic heterocycles. The fourth-order valence-electron chi connectivity index (χ4n) is 1.14. The smallest absolute Gasteiger partial charge is 0.311 e. The Morgan fingerprint density at radius 1 is 1.53 bits per heavy atom. The fraction of sp³-hybridized carbons (Fsp3) is 0.333. The van der Waals surface area contributed by atoms with E-state index in [1.54, 1.807) is 19.1 Å². The van der Waals surface area contributed by atoms with Crippen LogP contribution in [0.2, 0.25) is 0 Å². The summed E-state index contributed by atoms with van der Waals surface area (Å²) in [5.74, 6) is -0.359. The molecule has 1 rings (SSSR count). The first kappa shape index (κ1) is 13.4. The molecule has 0 amide bonds. The number of carbonyl (C=O) groups excluding carboxylic acids is 1. The molecule has 0 atom stereocenters. The van der Waals surface area contributed by atoms with Gasteiger partial charge >= 0.3 is 5.97 Å². The zero-order valence-electron chi connectivity index (χ0n) is 9.21. The Morgan fingerprint density at radius 2 is 2.24 bits per heavy atom. The second kappa shape index (κ2) is 5.60. The Kier molecular flexibility index (Phi) is 4.41. The zero-order chi connectivity index (χ0) is 12.9. The minimum Gasteiger partial charge on any atom is -0.466 e. The molecule has 0 saturated heterocycles. The lowest BCUT2D eigenvalue weighted by Crippen LogP contribution is -2.22. The van der Waals surface area contributed by atoms with Crippen molar-refractivity contribution in [3.63, 3.8) is 0 Å². The predicted molar refractivity (Wildman–Crippen MR) is 61.3 cm³/mol. The lowest BCUT2D eigenvalue weighted by atomic mass is 10.3. The lowest BCUT2D eigenvalue weighted by Gasteiger charge is -2.05. The number of nitrogens with one attached hydrogen (secondary N) is 1. The monoisotopic (exact) mass is 259 g/mol. The van der Waals surface area contributed by atoms with E-state index in [2.05, 4.69) is 4.98 Å². The van der Waals surface area contributed by atoms with Gasteiger partial charge in [0.2, 0.25) is 0 Å². The van der Waals surface area contributed by atoms with Crippen molar-refractivity contribution in [1.29, 1.82) is 0 Å². The molecule has 1 heterocycles. The highest BCUT2D eigenvalue weighted by Crippen LogP contribution is 2.06. The SMILES string of the molecule is CCOC(=O)Cc1cccc(NS(N)(=O)=O)n1. The molecule has 0 radical (unpaired) electrons. The average molecular weight is 259 g/mol. The van der Waals surface area contributed by atoms with E-state index in [-0.39, 0.29) is 18.8 Å². The minimum absolute atomic E-state index is 0.0199. The molecule has 17 heavy (non-hydrogen) atoms. The number of rotatable bonds is 5. The van der Waals surface area contributed by atoms with E-state index in [1.807, 2.05) is 4.72 Å². The van der Waals surface area contributed by atoms with Gasteiger partial charge in [-0.25, -0.2) is 10.1 Å². The third-order valence-corrected chi connectivity index (χ3v) is 2.18. The Labute approximate surface area is 99.2 Å². The molecule has 8 heteroatoms. The molecule has 0 fully saturated rings. The van der Waals surface area contributed by atoms with Crippen molar-refractivity contribution in [3.05, 3.63) is 23.9 Å². The molecule has 0 aliphatic carbocycles. The summed E-state index contributed by atoms with van der Waals surface area (Å²) in [5.41, 5.74) is 0.400. The third kappa shape index (κ3) is 5.27. The van der Waals surface area contributed by atoms with Crippen molar-refractivity contribution in [2.24, 2.45) is 5.14 Å². The standard InChI is InChI=1S/C9H13N3O4S/c1-2-16-9(13)6-7-4-3-5-8(11-7)12-17(10,14)15/h3-5H,2,6H2,1H3,(H,11,12)(H2,10,14,15). The van der Waals surface area contributed by atoms with Gasteiger partial charge in [-0.3, -0.25) is 9.52 Å². The van der Waals surface area contributed by atoms with Crippen LogP contribution in [0.3, 0.4) is 0 Å². The van der Waals surface area contributed by atoms with Gasteiger partial charge < -0.3 is 4.74 Å². The first-order valence-corrected chi connectivity index (χ1v) is 6.37. The van der Waals surface area contributed by atoms with Crippen molar-refractivity contribution in [2.45, 2.75) is 13.3 Å². The van der Waals surface area contributed by atoms with Gasteiger partial charge in [-0.1, -0.05) is 6.07 Å². The number of carbonyl (C=O) groups is 1. The van der Waals surface area contributed by atoms with E-state index in [4.69, 9.17) is 9.88 Å². The normalized spacial score (nSPS) is 10.9. The van der Waals surface area contributed by atoms with Crippen LogP contribution in [0.5, 0.6) is 0 Å². The highest BCUT2D eigenvalue weighted by Gasteiger charge is 2.08. The fourth-order valence-corrected chi connectivity index (χ4v) is 1.55. The number of ether oxygens (including phenoxy) is 1. The van der Waals surface area contributed by atoms with Gasteiger partial charge in [0.25, 0.3) is 10.2 Å². The molecule has 7 nitrogen and oxygen atoms in total. The molecule has 0 spiro atoms. The van der Waals surface area contributed by atoms with E-state index >= 15 is 0 Å². The first-order chi connectivity index (χ1) is 7.90. The molecule has 3 N–H and O–H groups in total. The molecular formula is C9H13N3O4S. The van der Waals surface area contributed by atoms with Crippen molar-refractivity contribution < 1.29 is 17.9 Å². The summed E-state index contributed by atoms with van der Waals surface area (Å²) >= 11 is 0. The van der Waals surface area contributed by atoms with E-state index in [1.165, 1.54) is 6.07 Å². The van der Waals surface area contributed by atoms with Gasteiger partial charge in [-0.2, -0.15) is 8.42 Å². The molecule has 1 aromatic rings. The largest absolute Gasteiger partial charge is 0.466 e. The Hall–Kier alpha value is -1.67. The molecule has 0 unspecified atom stereocenters. The summed E-state index contributed by atoms with van der Waals surface area (Å²) < 4.78 is 28.3. The lowest BCUT2D eigenvalue weighted by molar-refractivity contribution is -0.142. The number of aromatic nitrogens is 1. The average Bonchev–Trinajstić information content (AvgIpc) is 2.15. The van der Waals surface area contributed by atoms with Gasteiger partial charge in [0, 0.05) is 0 Å². The number of nitrogens with two attached hydrogens (primary N) is 1. The van der Waals surface area contributed by atoms with Crippen LogP contribution in [0.25, 0.3) is 0 Å². The maximum atomic E-state index is 11.2. The van der Waals surface area contributed by atoms with Gasteiger partial charge in [-0.05, 0) is 19.1 Å². The van der Waals surface area contributed by atoms with Crippen LogP contribution in [-0.2, 0) is 26.2 Å². The van der Waals surface area contributed by atoms with Crippen molar-refractivity contribution in [1.82, 2.24) is 4.98 Å². The summed E-state index contributed by atoms with van der Waals surface area (Å²) in [6.45, 7) is 1.98. The van der Waals surface area contributed by atoms with E-state index in [0.29, 0.717) is 5.69 Å². The maximum absolute atomic E-state index is 11.2. The second-order valence-corrected chi connectivity index (χ2v) is 4.44. The van der Waals surface area contributed by atoms with Gasteiger partial charge in [0.1, 0.15) is 5.82 Å². The number of hydrogen-bond acceptors (Lipinski definition) is 5. The van der Waals surface area contributed by atoms with Crippen molar-refractivity contribution >= 4 is 22.0 Å². The van der Waals surface area contributed by atoms with Crippen LogP contribution in [0.4, 0.5) is 5.82 Å². The van der Waals surface area contributed by atoms with E-state index in [9.17, 15) is 13.2 Å². The van der Waals surface area contributed by atoms with Crippen LogP contribution in [-0.4, -0.2) is 26.0 Å². The Morgan fingerprint density at radius 3 is 2.82 bits per heavy atom. The number of anilines is 1. The third-order valence-electron chi connectivity index (χ3n) is 1.68. The van der Waals surface area contributed by atoms with Crippen molar-refractivity contribution in [3.8, 4) is 0 Å². The van der Waals surface area contributed by atoms with Crippen LogP contribution >= 0.6 is 0 Å². The van der Waals surface area contributed by atoms with E-state index in [0.717, 1.165) is 0 Å². The van der Waals surface area contributed by atoms with Crippen LogP contribution in [0, 0.1) is 0 Å². The minimum atomic E-state index is -3.86. The van der Waals surface area contributed by atoms with Gasteiger partial charge in [0.15, 0.2) is 0 Å². The molecular weight excluding hydrogens is 246 g/mol. The van der Waals surface area contributed by atoms with Crippen molar-refractivity contribution in [2.75, 3.05) is 11.3 Å². The number of pyridine rings is 1. The molecule has 0 bridgehead atoms. The highest BCUT2D eigenvalue weighted by molar-refractivity contribution is 7.90. The van der Waals surface area contributed by atoms with E-state index < -0.39 is 16.2 Å². The second-order valence-electron chi connectivity index (χ2n) is 3.14. The Balaban J connectivity index is 2.76. The summed E-state index contributed by atoms with van der Waals surface area (Å²) in [5, 5.41) is 4.80. The summed E-state index contributed by atoms with van der Waals surface area (Å²) in [4.78, 5) is 15.1. The zero-order valence-corrected chi connectivity index (χ0v) is 10.0. The van der Waals surface area contributed by atoms with Gasteiger partial charge in [0.05, 0.1) is 18.7 Å². The summed E-state index contributed by atoms with van der Waals surface area (Å²) in [7, 11) is -3.86. The van der Waals surface area contributed by atoms with Gasteiger partial charge in [-0.15, -0.1) is 0 Å². The molecule has 0 aromatic carbocycles. The summed E-state index contributed by atoms with van der Waals surface area (Å²) in [6.07, 6.45) is -0.0199. The first-order valence-electron chi connectivity index (χ1n) is 4.83. The number of hydrogen-bond donors (Lipinski definition) is 2. The Bertz CT molecular complexity index is 501. The molecule has 94 valence electrons. The molecule has 0 saturated carbocycles. The highest BCUT2D eigenvalue weighted by atomic mass is 32.2. The topological polar surface area (TPSA) is 111 Å². The predicted octanol–water partition coefficient (Wildman–Crippen LogP) is -0.197.